The average molecular weight is 367 g/mol. The monoisotopic (exact) mass is 366 g/mol. The number of imidazole rings is 1. The third kappa shape index (κ3) is 4.10. The maximum absolute atomic E-state index is 6.43. The molecule has 0 atom stereocenters. The summed E-state index contributed by atoms with van der Waals surface area (Å²) in [5.74, 6) is 1.29. The molecule has 0 saturated carbocycles. The second kappa shape index (κ2) is 7.90. The summed E-state index contributed by atoms with van der Waals surface area (Å²) in [5.41, 5.74) is 3.73. The van der Waals surface area contributed by atoms with E-state index >= 15 is 0 Å². The number of aromatic amines is 1. The molecule has 0 bridgehead atoms. The molecular formula is C16H16Cl2N4S. The lowest BCUT2D eigenvalue weighted by atomic mass is 10.3. The molecule has 23 heavy (non-hydrogen) atoms. The number of anilines is 1. The summed E-state index contributed by atoms with van der Waals surface area (Å²) in [7, 11) is 0. The van der Waals surface area contributed by atoms with Gasteiger partial charge in [-0.05, 0) is 24.6 Å². The number of aromatic nitrogens is 3. The number of thioether (sulfide) groups is 1. The van der Waals surface area contributed by atoms with Crippen LogP contribution in [-0.4, -0.2) is 27.4 Å². The molecule has 7 heteroatoms. The van der Waals surface area contributed by atoms with Gasteiger partial charge in [0.25, 0.3) is 0 Å². The van der Waals surface area contributed by atoms with Gasteiger partial charge in [-0.1, -0.05) is 35.5 Å². The molecule has 0 radical (unpaired) electrons. The minimum absolute atomic E-state index is 0.629. The Morgan fingerprint density at radius 2 is 2.09 bits per heavy atom. The van der Waals surface area contributed by atoms with Crippen LogP contribution in [0.3, 0.4) is 0 Å². The number of fused-ring (bicyclic) bond motifs is 1. The Morgan fingerprint density at radius 1 is 1.22 bits per heavy atom. The Bertz CT molecular complexity index is 758. The van der Waals surface area contributed by atoms with Crippen LogP contribution in [0.1, 0.15) is 12.1 Å². The zero-order chi connectivity index (χ0) is 16.1. The summed E-state index contributed by atoms with van der Waals surface area (Å²) < 4.78 is 0. The minimum atomic E-state index is 0.629. The minimum Gasteiger partial charge on any atom is -0.384 e. The predicted octanol–water partition coefficient (Wildman–Crippen LogP) is 4.94. The highest BCUT2D eigenvalue weighted by Crippen LogP contribution is 2.29. The second-order valence-electron chi connectivity index (χ2n) is 4.94. The molecule has 0 spiro atoms. The quantitative estimate of drug-likeness (QED) is 0.353. The standard InChI is InChI=1S/C16H16Cl2N4S/c17-7-3-8-19-13-6-9-20-14(15(13)18)10-23-16-21-11-4-1-2-5-12(11)22-16/h1-2,4-6,9H,3,7-8,10H2,(H,19,20)(H,21,22). The predicted molar refractivity (Wildman–Crippen MR) is 98.7 cm³/mol. The Labute approximate surface area is 149 Å². The molecule has 2 N–H and O–H groups in total. The molecule has 0 aliphatic rings. The number of rotatable bonds is 7. The molecule has 2 heterocycles. The van der Waals surface area contributed by atoms with Crippen molar-refractivity contribution in [2.75, 3.05) is 17.7 Å². The molecule has 0 unspecified atom stereocenters. The third-order valence-electron chi connectivity index (χ3n) is 3.30. The topological polar surface area (TPSA) is 53.6 Å². The number of halogens is 2. The lowest BCUT2D eigenvalue weighted by Gasteiger charge is -2.10. The summed E-state index contributed by atoms with van der Waals surface area (Å²) in [5, 5.41) is 4.81. The highest BCUT2D eigenvalue weighted by Gasteiger charge is 2.09. The van der Waals surface area contributed by atoms with Crippen molar-refractivity contribution in [3.05, 3.63) is 47.2 Å². The van der Waals surface area contributed by atoms with Gasteiger partial charge in [0.1, 0.15) is 0 Å². The largest absolute Gasteiger partial charge is 0.384 e. The fourth-order valence-electron chi connectivity index (χ4n) is 2.15. The number of hydrogen-bond acceptors (Lipinski definition) is 4. The number of H-pyrrole nitrogens is 1. The first-order valence-electron chi connectivity index (χ1n) is 7.28. The summed E-state index contributed by atoms with van der Waals surface area (Å²) in [4.78, 5) is 12.2. The zero-order valence-electron chi connectivity index (χ0n) is 12.4. The van der Waals surface area contributed by atoms with E-state index in [-0.39, 0.29) is 0 Å². The molecule has 0 amide bonds. The van der Waals surface area contributed by atoms with E-state index in [1.165, 1.54) is 0 Å². The van der Waals surface area contributed by atoms with Gasteiger partial charge in [0.05, 0.1) is 27.4 Å². The normalized spacial score (nSPS) is 11.0. The first-order chi connectivity index (χ1) is 11.3. The van der Waals surface area contributed by atoms with E-state index in [1.54, 1.807) is 18.0 Å². The van der Waals surface area contributed by atoms with Gasteiger partial charge in [0.15, 0.2) is 5.16 Å². The average Bonchev–Trinajstić information content (AvgIpc) is 2.98. The summed E-state index contributed by atoms with van der Waals surface area (Å²) >= 11 is 13.7. The highest BCUT2D eigenvalue weighted by atomic mass is 35.5. The number of benzene rings is 1. The molecule has 2 aromatic heterocycles. The van der Waals surface area contributed by atoms with E-state index in [2.05, 4.69) is 20.3 Å². The van der Waals surface area contributed by atoms with E-state index in [9.17, 15) is 0 Å². The summed E-state index contributed by atoms with van der Waals surface area (Å²) in [6.07, 6.45) is 2.66. The zero-order valence-corrected chi connectivity index (χ0v) is 14.7. The van der Waals surface area contributed by atoms with Crippen molar-refractivity contribution in [3.8, 4) is 0 Å². The molecule has 4 nitrogen and oxygen atoms in total. The number of para-hydroxylation sites is 2. The molecule has 0 fully saturated rings. The molecule has 120 valence electrons. The smallest absolute Gasteiger partial charge is 0.166 e. The molecule has 0 saturated heterocycles. The van der Waals surface area contributed by atoms with Gasteiger partial charge in [-0.3, -0.25) is 4.98 Å². The Balaban J connectivity index is 1.68. The summed E-state index contributed by atoms with van der Waals surface area (Å²) in [6, 6.07) is 9.85. The van der Waals surface area contributed by atoms with Crippen LogP contribution in [0.15, 0.2) is 41.7 Å². The lowest BCUT2D eigenvalue weighted by Crippen LogP contribution is -2.04. The maximum atomic E-state index is 6.43. The Morgan fingerprint density at radius 3 is 2.91 bits per heavy atom. The lowest BCUT2D eigenvalue weighted by molar-refractivity contribution is 0.984. The molecular weight excluding hydrogens is 351 g/mol. The molecule has 1 aromatic carbocycles. The second-order valence-corrected chi connectivity index (χ2v) is 6.66. The number of alkyl halides is 1. The van der Waals surface area contributed by atoms with E-state index < -0.39 is 0 Å². The first kappa shape index (κ1) is 16.4. The van der Waals surface area contributed by atoms with Crippen LogP contribution in [0.5, 0.6) is 0 Å². The van der Waals surface area contributed by atoms with Gasteiger partial charge < -0.3 is 10.3 Å². The van der Waals surface area contributed by atoms with Crippen LogP contribution in [0.25, 0.3) is 11.0 Å². The maximum Gasteiger partial charge on any atom is 0.166 e. The van der Waals surface area contributed by atoms with E-state index in [4.69, 9.17) is 23.2 Å². The van der Waals surface area contributed by atoms with Crippen molar-refractivity contribution in [1.29, 1.82) is 0 Å². The van der Waals surface area contributed by atoms with Crippen LogP contribution < -0.4 is 5.32 Å². The Kier molecular flexibility index (Phi) is 5.65. The van der Waals surface area contributed by atoms with E-state index in [1.807, 2.05) is 30.3 Å². The highest BCUT2D eigenvalue weighted by molar-refractivity contribution is 7.98. The van der Waals surface area contributed by atoms with Gasteiger partial charge in [0, 0.05) is 24.4 Å². The van der Waals surface area contributed by atoms with Gasteiger partial charge in [-0.25, -0.2) is 4.98 Å². The molecule has 0 aliphatic heterocycles. The molecule has 3 aromatic rings. The van der Waals surface area contributed by atoms with Gasteiger partial charge >= 0.3 is 0 Å². The van der Waals surface area contributed by atoms with Crippen molar-refractivity contribution in [1.82, 2.24) is 15.0 Å². The van der Waals surface area contributed by atoms with Gasteiger partial charge in [-0.2, -0.15) is 0 Å². The van der Waals surface area contributed by atoms with E-state index in [0.29, 0.717) is 16.7 Å². The van der Waals surface area contributed by atoms with Crippen molar-refractivity contribution in [3.63, 3.8) is 0 Å². The number of pyridine rings is 1. The van der Waals surface area contributed by atoms with Gasteiger partial charge in [0.2, 0.25) is 0 Å². The fraction of sp³-hybridized carbons (Fsp3) is 0.250. The first-order valence-corrected chi connectivity index (χ1v) is 9.18. The Hall–Kier alpha value is -1.43. The summed E-state index contributed by atoms with van der Waals surface area (Å²) in [6.45, 7) is 0.795. The molecule has 0 aliphatic carbocycles. The van der Waals surface area contributed by atoms with E-state index in [0.717, 1.165) is 40.5 Å². The van der Waals surface area contributed by atoms with Crippen LogP contribution >= 0.6 is 35.0 Å². The van der Waals surface area contributed by atoms with Crippen molar-refractivity contribution in [2.45, 2.75) is 17.3 Å². The third-order valence-corrected chi connectivity index (χ3v) is 4.87. The van der Waals surface area contributed by atoms with Crippen molar-refractivity contribution >= 4 is 51.7 Å². The van der Waals surface area contributed by atoms with Crippen LogP contribution in [0, 0.1) is 0 Å². The van der Waals surface area contributed by atoms with Crippen molar-refractivity contribution in [2.24, 2.45) is 0 Å². The van der Waals surface area contributed by atoms with Crippen LogP contribution in [0.4, 0.5) is 5.69 Å². The van der Waals surface area contributed by atoms with Gasteiger partial charge in [-0.15, -0.1) is 11.6 Å². The number of nitrogens with zero attached hydrogens (tertiary/aromatic N) is 2. The number of hydrogen-bond donors (Lipinski definition) is 2. The van der Waals surface area contributed by atoms with Crippen LogP contribution in [-0.2, 0) is 5.75 Å². The van der Waals surface area contributed by atoms with Crippen molar-refractivity contribution < 1.29 is 0 Å². The van der Waals surface area contributed by atoms with Crippen LogP contribution in [0.2, 0.25) is 5.02 Å². The molecule has 3 rings (SSSR count). The number of nitrogens with one attached hydrogen (secondary N) is 2. The fourth-order valence-corrected chi connectivity index (χ4v) is 3.44. The SMILES string of the molecule is ClCCCNc1ccnc(CSc2nc3ccccc3[nH]2)c1Cl.